The number of aromatic nitrogens is 3. The summed E-state index contributed by atoms with van der Waals surface area (Å²) in [6.45, 7) is 6.81. The Kier molecular flexibility index (Phi) is 5.05. The average Bonchev–Trinajstić information content (AvgIpc) is 3.16. The second kappa shape index (κ2) is 7.78. The van der Waals surface area contributed by atoms with Crippen LogP contribution in [0.1, 0.15) is 45.2 Å². The van der Waals surface area contributed by atoms with Crippen LogP contribution in [0.25, 0.3) is 11.4 Å². The van der Waals surface area contributed by atoms with E-state index >= 15 is 0 Å². The van der Waals surface area contributed by atoms with E-state index in [1.807, 2.05) is 60.1 Å². The Morgan fingerprint density at radius 3 is 2.69 bits per heavy atom. The molecule has 2 aromatic carbocycles. The lowest BCUT2D eigenvalue weighted by Crippen LogP contribution is -2.36. The number of carbonyl (C=O) groups is 1. The highest BCUT2D eigenvalue weighted by atomic mass is 35.5. The van der Waals surface area contributed by atoms with Gasteiger partial charge in [0.25, 0.3) is 0 Å². The summed E-state index contributed by atoms with van der Waals surface area (Å²) in [6, 6.07) is 15.0. The monoisotopic (exact) mass is 448 g/mol. The maximum atomic E-state index is 13.3. The van der Waals surface area contributed by atoms with Crippen molar-refractivity contribution in [1.29, 1.82) is 0 Å². The van der Waals surface area contributed by atoms with Gasteiger partial charge in [0.05, 0.1) is 6.61 Å². The minimum Gasteiger partial charge on any atom is -0.494 e. The number of carbonyl (C=O) groups excluding carboxylic acids is 1. The van der Waals surface area contributed by atoms with Gasteiger partial charge in [0.1, 0.15) is 11.8 Å². The maximum Gasteiger partial charge on any atom is 0.226 e. The number of allylic oxidation sites excluding steroid dienone is 2. The summed E-state index contributed by atoms with van der Waals surface area (Å²) in [6.07, 6.45) is 1.28. The van der Waals surface area contributed by atoms with Crippen LogP contribution in [0, 0.1) is 5.41 Å². The van der Waals surface area contributed by atoms with Gasteiger partial charge in [-0.3, -0.25) is 4.79 Å². The SMILES string of the molecule is CCOc1ccc(C2C3=C(CC(C)(C)CC3=O)Nc3nc(-c4cccc(Cl)c4)nn32)cc1. The Morgan fingerprint density at radius 2 is 1.97 bits per heavy atom. The van der Waals surface area contributed by atoms with Gasteiger partial charge in [0.15, 0.2) is 11.6 Å². The van der Waals surface area contributed by atoms with Crippen LogP contribution in [0.3, 0.4) is 0 Å². The molecule has 1 N–H and O–H groups in total. The number of benzene rings is 2. The van der Waals surface area contributed by atoms with Gasteiger partial charge in [-0.2, -0.15) is 4.98 Å². The molecular weight excluding hydrogens is 424 g/mol. The first kappa shape index (κ1) is 20.8. The highest BCUT2D eigenvalue weighted by molar-refractivity contribution is 6.30. The van der Waals surface area contributed by atoms with Crippen LogP contribution >= 0.6 is 11.6 Å². The van der Waals surface area contributed by atoms with E-state index in [0.29, 0.717) is 29.8 Å². The molecule has 6 nitrogen and oxygen atoms in total. The fourth-order valence-electron chi connectivity index (χ4n) is 4.58. The summed E-state index contributed by atoms with van der Waals surface area (Å²) in [5, 5.41) is 8.84. The summed E-state index contributed by atoms with van der Waals surface area (Å²) in [5.41, 5.74) is 3.39. The van der Waals surface area contributed by atoms with Gasteiger partial charge in [-0.15, -0.1) is 5.10 Å². The van der Waals surface area contributed by atoms with Crippen molar-refractivity contribution in [2.45, 2.75) is 39.7 Å². The molecule has 0 saturated heterocycles. The summed E-state index contributed by atoms with van der Waals surface area (Å²) in [4.78, 5) is 18.1. The third kappa shape index (κ3) is 3.69. The average molecular weight is 449 g/mol. The van der Waals surface area contributed by atoms with Gasteiger partial charge in [-0.05, 0) is 48.6 Å². The topological polar surface area (TPSA) is 69.0 Å². The predicted molar refractivity (Wildman–Crippen MR) is 125 cm³/mol. The number of ether oxygens (including phenoxy) is 1. The van der Waals surface area contributed by atoms with E-state index in [-0.39, 0.29) is 17.2 Å². The Morgan fingerprint density at radius 1 is 1.19 bits per heavy atom. The molecule has 1 atom stereocenters. The fraction of sp³-hybridized carbons (Fsp3) is 0.320. The zero-order valence-corrected chi connectivity index (χ0v) is 19.1. The molecule has 0 saturated carbocycles. The first-order valence-corrected chi connectivity index (χ1v) is 11.2. The lowest BCUT2D eigenvalue weighted by molar-refractivity contribution is -0.118. The molecule has 7 heteroatoms. The number of hydrogen-bond acceptors (Lipinski definition) is 5. The zero-order chi connectivity index (χ0) is 22.5. The van der Waals surface area contributed by atoms with Gasteiger partial charge >= 0.3 is 0 Å². The van der Waals surface area contributed by atoms with Crippen LogP contribution in [0.5, 0.6) is 5.75 Å². The fourth-order valence-corrected chi connectivity index (χ4v) is 4.77. The number of nitrogens with zero attached hydrogens (tertiary/aromatic N) is 3. The van der Waals surface area contributed by atoms with Crippen molar-refractivity contribution in [3.05, 3.63) is 70.4 Å². The molecule has 5 rings (SSSR count). The predicted octanol–water partition coefficient (Wildman–Crippen LogP) is 5.66. The van der Waals surface area contributed by atoms with Crippen molar-refractivity contribution >= 4 is 23.3 Å². The highest BCUT2D eigenvalue weighted by Gasteiger charge is 2.41. The van der Waals surface area contributed by atoms with E-state index < -0.39 is 0 Å². The molecule has 1 aliphatic heterocycles. The van der Waals surface area contributed by atoms with Crippen LogP contribution in [0.15, 0.2) is 59.8 Å². The molecule has 2 heterocycles. The van der Waals surface area contributed by atoms with Gasteiger partial charge in [-0.1, -0.05) is 49.7 Å². The maximum absolute atomic E-state index is 13.3. The molecule has 0 spiro atoms. The smallest absolute Gasteiger partial charge is 0.226 e. The molecule has 3 aromatic rings. The summed E-state index contributed by atoms with van der Waals surface area (Å²) in [5.74, 6) is 2.14. The molecule has 1 aromatic heterocycles. The Balaban J connectivity index is 1.64. The molecule has 1 aliphatic carbocycles. The molecule has 0 bridgehead atoms. The lowest BCUT2D eigenvalue weighted by atomic mass is 9.73. The number of rotatable bonds is 4. The second-order valence-electron chi connectivity index (χ2n) is 9.08. The van der Waals surface area contributed by atoms with E-state index in [1.165, 1.54) is 0 Å². The van der Waals surface area contributed by atoms with Crippen molar-refractivity contribution < 1.29 is 9.53 Å². The summed E-state index contributed by atoms with van der Waals surface area (Å²) in [7, 11) is 0. The number of Topliss-reactive ketones (excluding diaryl/α,β-unsaturated/α-hetero) is 1. The second-order valence-corrected chi connectivity index (χ2v) is 9.51. The quantitative estimate of drug-likeness (QED) is 0.558. The van der Waals surface area contributed by atoms with Gasteiger partial charge in [0.2, 0.25) is 5.95 Å². The number of nitrogens with one attached hydrogen (secondary N) is 1. The van der Waals surface area contributed by atoms with E-state index in [4.69, 9.17) is 26.4 Å². The molecule has 164 valence electrons. The first-order chi connectivity index (χ1) is 15.3. The molecule has 0 amide bonds. The van der Waals surface area contributed by atoms with Crippen LogP contribution in [0.2, 0.25) is 5.02 Å². The van der Waals surface area contributed by atoms with Crippen molar-refractivity contribution in [2.24, 2.45) is 5.41 Å². The number of fused-ring (bicyclic) bond motifs is 1. The number of ketones is 1. The molecule has 1 unspecified atom stereocenters. The highest BCUT2D eigenvalue weighted by Crippen LogP contribution is 2.45. The van der Waals surface area contributed by atoms with E-state index in [1.54, 1.807) is 0 Å². The summed E-state index contributed by atoms with van der Waals surface area (Å²) >= 11 is 6.19. The van der Waals surface area contributed by atoms with Crippen LogP contribution in [-0.4, -0.2) is 27.2 Å². The van der Waals surface area contributed by atoms with Crippen molar-refractivity contribution in [1.82, 2.24) is 14.8 Å². The molecular formula is C25H25ClN4O2. The van der Waals surface area contributed by atoms with Gasteiger partial charge in [-0.25, -0.2) is 4.68 Å². The third-order valence-electron chi connectivity index (χ3n) is 5.92. The van der Waals surface area contributed by atoms with E-state index in [9.17, 15) is 4.79 Å². The Hall–Kier alpha value is -3.12. The van der Waals surface area contributed by atoms with Crippen LogP contribution in [0.4, 0.5) is 5.95 Å². The number of halogens is 1. The molecule has 0 radical (unpaired) electrons. The first-order valence-electron chi connectivity index (χ1n) is 10.8. The normalized spacial score (nSPS) is 19.2. The lowest BCUT2D eigenvalue weighted by Gasteiger charge is -2.38. The van der Waals surface area contributed by atoms with Crippen molar-refractivity contribution in [3.63, 3.8) is 0 Å². The molecule has 2 aliphatic rings. The van der Waals surface area contributed by atoms with Gasteiger partial charge < -0.3 is 10.1 Å². The number of anilines is 1. The minimum atomic E-state index is -0.346. The summed E-state index contributed by atoms with van der Waals surface area (Å²) < 4.78 is 7.43. The standard InChI is InChI=1S/C25H25ClN4O2/c1-4-32-18-10-8-15(9-11-18)22-21-19(13-25(2,3)14-20(21)31)27-24-28-23(29-30(22)24)16-6-5-7-17(26)12-16/h5-12,22H,4,13-14H2,1-3H3,(H,27,28,29). The molecule has 32 heavy (non-hydrogen) atoms. The minimum absolute atomic E-state index is 0.107. The van der Waals surface area contributed by atoms with Gasteiger partial charge in [0, 0.05) is 28.3 Å². The van der Waals surface area contributed by atoms with Crippen LogP contribution in [-0.2, 0) is 4.79 Å². The van der Waals surface area contributed by atoms with Crippen molar-refractivity contribution in [3.8, 4) is 17.1 Å². The third-order valence-corrected chi connectivity index (χ3v) is 6.16. The van der Waals surface area contributed by atoms with E-state index in [0.717, 1.165) is 34.6 Å². The largest absolute Gasteiger partial charge is 0.494 e. The number of hydrogen-bond donors (Lipinski definition) is 1. The zero-order valence-electron chi connectivity index (χ0n) is 18.4. The Labute approximate surface area is 192 Å². The van der Waals surface area contributed by atoms with Crippen LogP contribution < -0.4 is 10.1 Å². The molecule has 0 fully saturated rings. The van der Waals surface area contributed by atoms with Crippen molar-refractivity contribution in [2.75, 3.05) is 11.9 Å². The van der Waals surface area contributed by atoms with E-state index in [2.05, 4.69) is 19.2 Å². The Bertz CT molecular complexity index is 1230.